The average Bonchev–Trinajstić information content (AvgIpc) is 3.28. The molecule has 4 atom stereocenters. The van der Waals surface area contributed by atoms with E-state index in [1.807, 2.05) is 23.6 Å². The summed E-state index contributed by atoms with van der Waals surface area (Å²) in [6.07, 6.45) is 2.77. The quantitative estimate of drug-likeness (QED) is 0.479. The molecule has 1 aromatic heterocycles. The van der Waals surface area contributed by atoms with Gasteiger partial charge >= 0.3 is 12.1 Å². The van der Waals surface area contributed by atoms with Crippen molar-refractivity contribution in [2.75, 3.05) is 12.0 Å². The molecule has 2 aromatic carbocycles. The second-order valence-corrected chi connectivity index (χ2v) is 10.2. The number of halogens is 1. The molecule has 9 heteroatoms. The van der Waals surface area contributed by atoms with Gasteiger partial charge in [0.2, 0.25) is 0 Å². The van der Waals surface area contributed by atoms with Gasteiger partial charge in [-0.25, -0.2) is 9.78 Å². The Bertz CT molecular complexity index is 1300. The zero-order chi connectivity index (χ0) is 25.6. The molecule has 1 fully saturated rings. The standard InChI is InChI=1S/C27H30ClN3O5/c1-15-6-11-20-21(30(15)27(35)36-2)12-13-22-23(20)29-25(24(32)16-7-9-18(28)10-8-16)31(22)19-5-3-4-17(14-19)26(33)34/h7-10,12-13,15,17,19,24,32H,3-6,11,14H2,1-2H3,(H,33,34)/t15?,17-,19-,24+/m1/s1. The topological polar surface area (TPSA) is 105 Å². The summed E-state index contributed by atoms with van der Waals surface area (Å²) in [7, 11) is 1.37. The first-order valence-corrected chi connectivity index (χ1v) is 12.7. The third-order valence-corrected chi connectivity index (χ3v) is 7.90. The summed E-state index contributed by atoms with van der Waals surface area (Å²) in [4.78, 5) is 31.0. The van der Waals surface area contributed by atoms with Gasteiger partial charge in [-0.1, -0.05) is 30.2 Å². The van der Waals surface area contributed by atoms with Crippen LogP contribution in [-0.4, -0.2) is 45.0 Å². The third-order valence-electron chi connectivity index (χ3n) is 7.64. The number of aliphatic carboxylic acids is 1. The Balaban J connectivity index is 1.69. The molecule has 2 heterocycles. The van der Waals surface area contributed by atoms with Crippen LogP contribution >= 0.6 is 11.6 Å². The number of aliphatic hydroxyl groups is 1. The van der Waals surface area contributed by atoms with Gasteiger partial charge in [0.05, 0.1) is 29.7 Å². The smallest absolute Gasteiger partial charge is 0.414 e. The van der Waals surface area contributed by atoms with Crippen LogP contribution in [0.1, 0.15) is 68.1 Å². The third kappa shape index (κ3) is 4.22. The number of aliphatic hydroxyl groups excluding tert-OH is 1. The molecule has 3 aromatic rings. The fourth-order valence-corrected chi connectivity index (χ4v) is 5.91. The van der Waals surface area contributed by atoms with E-state index in [9.17, 15) is 19.8 Å². The van der Waals surface area contributed by atoms with E-state index < -0.39 is 24.1 Å². The van der Waals surface area contributed by atoms with Crippen molar-refractivity contribution in [3.8, 4) is 0 Å². The van der Waals surface area contributed by atoms with Gasteiger partial charge in [-0.2, -0.15) is 0 Å². The SMILES string of the molecule is COC(=O)N1c2ccc3c(nc([C@@H](O)c4ccc(Cl)cc4)n3[C@@H]3CCC[C@@H](C(=O)O)C3)c2CCC1C. The minimum atomic E-state index is -1.02. The van der Waals surface area contributed by atoms with E-state index in [1.54, 1.807) is 29.2 Å². The summed E-state index contributed by atoms with van der Waals surface area (Å²) in [5.74, 6) is -0.751. The zero-order valence-electron chi connectivity index (χ0n) is 20.4. The Morgan fingerprint density at radius 1 is 1.14 bits per heavy atom. The first-order valence-electron chi connectivity index (χ1n) is 12.4. The summed E-state index contributed by atoms with van der Waals surface area (Å²) >= 11 is 6.07. The number of hydrogen-bond donors (Lipinski definition) is 2. The van der Waals surface area contributed by atoms with Gasteiger partial charge in [0.1, 0.15) is 11.9 Å². The first-order chi connectivity index (χ1) is 17.3. The molecule has 2 N–H and O–H groups in total. The van der Waals surface area contributed by atoms with E-state index in [1.165, 1.54) is 7.11 Å². The van der Waals surface area contributed by atoms with E-state index in [0.29, 0.717) is 29.3 Å². The Kier molecular flexibility index (Phi) is 6.66. The Morgan fingerprint density at radius 2 is 1.89 bits per heavy atom. The molecule has 0 spiro atoms. The number of nitrogens with zero attached hydrogens (tertiary/aromatic N) is 3. The first kappa shape index (κ1) is 24.6. The summed E-state index contributed by atoms with van der Waals surface area (Å²) in [5, 5.41) is 21.7. The van der Waals surface area contributed by atoms with E-state index in [2.05, 4.69) is 0 Å². The molecule has 1 saturated carbocycles. The molecule has 1 aliphatic carbocycles. The minimum absolute atomic E-state index is 0.0155. The van der Waals surface area contributed by atoms with Crippen LogP contribution in [0.5, 0.6) is 0 Å². The number of carbonyl (C=O) groups is 2. The van der Waals surface area contributed by atoms with Crippen molar-refractivity contribution in [3.63, 3.8) is 0 Å². The highest BCUT2D eigenvalue weighted by atomic mass is 35.5. The van der Waals surface area contributed by atoms with Gasteiger partial charge in [0, 0.05) is 22.7 Å². The van der Waals surface area contributed by atoms with Crippen LogP contribution in [0.25, 0.3) is 11.0 Å². The van der Waals surface area contributed by atoms with Crippen LogP contribution in [0.2, 0.25) is 5.02 Å². The molecule has 1 aliphatic heterocycles. The molecular weight excluding hydrogens is 482 g/mol. The molecule has 5 rings (SSSR count). The number of anilines is 1. The molecule has 0 saturated heterocycles. The highest BCUT2D eigenvalue weighted by Gasteiger charge is 2.35. The molecule has 36 heavy (non-hydrogen) atoms. The lowest BCUT2D eigenvalue weighted by molar-refractivity contribution is -0.143. The number of methoxy groups -OCH3 is 1. The zero-order valence-corrected chi connectivity index (χ0v) is 21.1. The maximum atomic E-state index is 12.6. The van der Waals surface area contributed by atoms with Gasteiger partial charge in [-0.15, -0.1) is 0 Å². The van der Waals surface area contributed by atoms with Crippen LogP contribution in [0, 0.1) is 5.92 Å². The Hall–Kier alpha value is -3.10. The van der Waals surface area contributed by atoms with Gasteiger partial charge < -0.3 is 19.5 Å². The van der Waals surface area contributed by atoms with Gasteiger partial charge in [-0.3, -0.25) is 9.69 Å². The lowest BCUT2D eigenvalue weighted by Crippen LogP contribution is -2.42. The van der Waals surface area contributed by atoms with Crippen LogP contribution < -0.4 is 4.90 Å². The number of aromatic nitrogens is 2. The number of carboxylic acid groups (broad SMARTS) is 1. The van der Waals surface area contributed by atoms with Crippen molar-refractivity contribution in [2.24, 2.45) is 5.92 Å². The maximum absolute atomic E-state index is 12.6. The van der Waals surface area contributed by atoms with Gasteiger partial charge in [0.15, 0.2) is 0 Å². The summed E-state index contributed by atoms with van der Waals surface area (Å²) in [5.41, 5.74) is 3.92. The monoisotopic (exact) mass is 511 g/mol. The van der Waals surface area contributed by atoms with E-state index in [4.69, 9.17) is 21.3 Å². The molecule has 8 nitrogen and oxygen atoms in total. The second-order valence-electron chi connectivity index (χ2n) is 9.81. The summed E-state index contributed by atoms with van der Waals surface area (Å²) in [6.45, 7) is 1.99. The number of amides is 1. The molecule has 0 bridgehead atoms. The number of aryl methyl sites for hydroxylation is 1. The van der Waals surface area contributed by atoms with Crippen LogP contribution in [0.3, 0.4) is 0 Å². The number of benzene rings is 2. The molecule has 2 aliphatic rings. The minimum Gasteiger partial charge on any atom is -0.481 e. The normalized spacial score (nSPS) is 22.8. The van der Waals surface area contributed by atoms with Crippen molar-refractivity contribution >= 4 is 40.4 Å². The summed E-state index contributed by atoms with van der Waals surface area (Å²) < 4.78 is 7.08. The predicted molar refractivity (Wildman–Crippen MR) is 137 cm³/mol. The Morgan fingerprint density at radius 3 is 2.58 bits per heavy atom. The maximum Gasteiger partial charge on any atom is 0.414 e. The van der Waals surface area contributed by atoms with Crippen molar-refractivity contribution in [2.45, 2.75) is 63.6 Å². The molecule has 1 unspecified atom stereocenters. The highest BCUT2D eigenvalue weighted by Crippen LogP contribution is 2.42. The number of carboxylic acids is 1. The van der Waals surface area contributed by atoms with Crippen LogP contribution in [0.15, 0.2) is 36.4 Å². The molecule has 190 valence electrons. The van der Waals surface area contributed by atoms with Crippen molar-refractivity contribution in [3.05, 3.63) is 58.4 Å². The predicted octanol–water partition coefficient (Wildman–Crippen LogP) is 5.49. The average molecular weight is 512 g/mol. The second kappa shape index (κ2) is 9.75. The highest BCUT2D eigenvalue weighted by molar-refractivity contribution is 6.30. The molecular formula is C27H30ClN3O5. The lowest BCUT2D eigenvalue weighted by Gasteiger charge is -2.34. The number of ether oxygens (including phenoxy) is 1. The van der Waals surface area contributed by atoms with Crippen molar-refractivity contribution in [1.29, 1.82) is 0 Å². The van der Waals surface area contributed by atoms with Crippen LogP contribution in [0.4, 0.5) is 10.5 Å². The summed E-state index contributed by atoms with van der Waals surface area (Å²) in [6, 6.07) is 10.7. The number of rotatable bonds is 4. The van der Waals surface area contributed by atoms with Crippen LogP contribution in [-0.2, 0) is 16.0 Å². The number of hydrogen-bond acceptors (Lipinski definition) is 5. The van der Waals surface area contributed by atoms with Crippen molar-refractivity contribution < 1.29 is 24.5 Å². The van der Waals surface area contributed by atoms with E-state index >= 15 is 0 Å². The Labute approximate surface area is 214 Å². The van der Waals surface area contributed by atoms with E-state index in [0.717, 1.165) is 48.0 Å². The largest absolute Gasteiger partial charge is 0.481 e. The molecule has 0 radical (unpaired) electrons. The number of imidazole rings is 1. The van der Waals surface area contributed by atoms with E-state index in [-0.39, 0.29) is 12.1 Å². The van der Waals surface area contributed by atoms with Gasteiger partial charge in [-0.05, 0) is 68.9 Å². The van der Waals surface area contributed by atoms with Crippen molar-refractivity contribution in [1.82, 2.24) is 9.55 Å². The fourth-order valence-electron chi connectivity index (χ4n) is 5.79. The number of fused-ring (bicyclic) bond motifs is 3. The van der Waals surface area contributed by atoms with Gasteiger partial charge in [0.25, 0.3) is 0 Å². The number of carbonyl (C=O) groups excluding carboxylic acids is 1. The molecule has 1 amide bonds. The lowest BCUT2D eigenvalue weighted by atomic mass is 9.85. The fraction of sp³-hybridized carbons (Fsp3) is 0.444.